The number of fused-ring (bicyclic) bond motifs is 1. The fourth-order valence-corrected chi connectivity index (χ4v) is 6.43. The first-order valence-corrected chi connectivity index (χ1v) is 15.8. The molecule has 10 nitrogen and oxygen atoms in total. The largest absolute Gasteiger partial charge is 0.492 e. The Labute approximate surface area is 394 Å². The summed E-state index contributed by atoms with van der Waals surface area (Å²) in [6, 6.07) is 22.1. The van der Waals surface area contributed by atoms with Gasteiger partial charge in [-0.2, -0.15) is 0 Å². The summed E-state index contributed by atoms with van der Waals surface area (Å²) < 4.78 is 24.3. The molecule has 49 heavy (non-hydrogen) atoms. The van der Waals surface area contributed by atoms with Crippen LogP contribution in [0.4, 0.5) is 0 Å². The summed E-state index contributed by atoms with van der Waals surface area (Å²) in [6.45, 7) is 8.84. The number of aliphatic hydroxyl groups excluding tert-OH is 3. The Balaban J connectivity index is 0.00000217. The average Bonchev–Trinajstić information content (AvgIpc) is 3.68. The van der Waals surface area contributed by atoms with Crippen molar-refractivity contribution in [3.8, 4) is 22.8 Å². The number of carbonyl (C=O) groups is 1. The van der Waals surface area contributed by atoms with Crippen LogP contribution in [0.5, 0.6) is 11.5 Å². The van der Waals surface area contributed by atoms with Crippen molar-refractivity contribution in [2.24, 2.45) is 0 Å². The van der Waals surface area contributed by atoms with Crippen molar-refractivity contribution in [3.63, 3.8) is 0 Å². The molecule has 5 atom stereocenters. The van der Waals surface area contributed by atoms with Gasteiger partial charge in [0.2, 0.25) is 6.29 Å². The summed E-state index contributed by atoms with van der Waals surface area (Å²) in [5, 5.41) is 32.1. The minimum Gasteiger partial charge on any atom is -0.492 e. The summed E-state index contributed by atoms with van der Waals surface area (Å²) in [6.07, 6.45) is -5.22. The van der Waals surface area contributed by atoms with Gasteiger partial charge in [0, 0.05) is 156 Å². The Kier molecular flexibility index (Phi) is 18.0. The number of likely N-dealkylation sites (tertiary alicyclic amines) is 1. The first-order chi connectivity index (χ1) is 22.2. The molecule has 2 fully saturated rings. The molecule has 2 aliphatic heterocycles. The molecule has 0 bridgehead atoms. The molecule has 3 radical (unpaired) electrons. The van der Waals surface area contributed by atoms with E-state index < -0.39 is 36.7 Å². The van der Waals surface area contributed by atoms with E-state index in [9.17, 15) is 20.1 Å². The van der Waals surface area contributed by atoms with E-state index in [0.29, 0.717) is 18.9 Å². The Morgan fingerprint density at radius 1 is 0.857 bits per heavy atom. The fourth-order valence-electron chi connectivity index (χ4n) is 6.43. The van der Waals surface area contributed by atoms with Gasteiger partial charge >= 0.3 is 5.97 Å². The van der Waals surface area contributed by atoms with Gasteiger partial charge in [-0.25, -0.2) is 4.79 Å². The molecule has 13 heteroatoms. The van der Waals surface area contributed by atoms with Crippen LogP contribution < -0.4 is 9.47 Å². The van der Waals surface area contributed by atoms with Gasteiger partial charge in [0.1, 0.15) is 36.4 Å². The summed E-state index contributed by atoms with van der Waals surface area (Å²) in [5.74, 6) is 0.354. The second kappa shape index (κ2) is 20.2. The summed E-state index contributed by atoms with van der Waals surface area (Å²) in [5.41, 5.74) is 6.64. The molecule has 2 saturated heterocycles. The molecule has 3 N–H and O–H groups in total. The Hall–Kier alpha value is 0.395. The number of hydrogen-bond acceptors (Lipinski definition) is 9. The summed E-state index contributed by atoms with van der Waals surface area (Å²) in [4.78, 5) is 14.5. The molecule has 2 aliphatic rings. The van der Waals surface area contributed by atoms with Crippen LogP contribution in [0.15, 0.2) is 66.7 Å². The van der Waals surface area contributed by atoms with Gasteiger partial charge in [0.05, 0.1) is 12.8 Å². The van der Waals surface area contributed by atoms with Crippen LogP contribution in [0.3, 0.4) is 0 Å². The maximum absolute atomic E-state index is 12.1. The molecule has 0 spiro atoms. The predicted octanol–water partition coefficient (Wildman–Crippen LogP) is 3.81. The zero-order valence-corrected chi connectivity index (χ0v) is 42.4. The molecule has 0 saturated carbocycles. The van der Waals surface area contributed by atoms with Crippen LogP contribution in [-0.2, 0) is 20.8 Å². The van der Waals surface area contributed by atoms with Gasteiger partial charge < -0.3 is 38.8 Å². The third-order valence-corrected chi connectivity index (χ3v) is 8.99. The Morgan fingerprint density at radius 3 is 2.16 bits per heavy atom. The predicted molar refractivity (Wildman–Crippen MR) is 173 cm³/mol. The maximum Gasteiger partial charge on any atom is 0.337 e. The number of aliphatic hydroxyl groups is 3. The van der Waals surface area contributed by atoms with Crippen LogP contribution in [0.2, 0.25) is 0 Å². The Bertz CT molecular complexity index is 1660. The number of aryl methyl sites for hydroxylation is 2. The van der Waals surface area contributed by atoms with Crippen molar-refractivity contribution in [1.29, 1.82) is 0 Å². The van der Waals surface area contributed by atoms with Crippen LogP contribution in [0.1, 0.15) is 29.5 Å². The quantitative estimate of drug-likeness (QED) is 0.204. The van der Waals surface area contributed by atoms with Crippen LogP contribution in [0.25, 0.3) is 22.2 Å². The third kappa shape index (κ3) is 10.3. The SMILES string of the molecule is COC(=O)C1OC(Oc2ccc(-c3c(C)c4cc(C)ccc4n3Cc3ccc(OCCN4CCCC4)cc3)cc2)C(O)C(O)C1O.[Ac].[Ac].[Ac]. The van der Waals surface area contributed by atoms with E-state index in [0.717, 1.165) is 60.4 Å². The second-order valence-electron chi connectivity index (χ2n) is 12.2. The van der Waals surface area contributed by atoms with Gasteiger partial charge in [-0.05, 0) is 105 Å². The summed E-state index contributed by atoms with van der Waals surface area (Å²) in [7, 11) is 1.15. The van der Waals surface area contributed by atoms with Crippen molar-refractivity contribution >= 4 is 16.9 Å². The monoisotopic (exact) mass is 1310 g/mol. The van der Waals surface area contributed by atoms with Gasteiger partial charge in [0.25, 0.3) is 0 Å². The van der Waals surface area contributed by atoms with Crippen molar-refractivity contribution in [2.45, 2.75) is 63.9 Å². The van der Waals surface area contributed by atoms with E-state index in [1.165, 1.54) is 23.8 Å². The van der Waals surface area contributed by atoms with Gasteiger partial charge in [-0.15, -0.1) is 0 Å². The standard InChI is InChI=1S/C36H42N2O8.3Ac/c1-22-6-15-29-28(20-22)23(2)30(38(29)21-24-7-11-26(12-8-24)44-19-18-37-16-4-5-17-37)25-9-13-27(14-10-25)45-36-33(41)31(39)32(40)34(46-36)35(42)43-3;;;/h6-15,20,31-34,36,39-41H,4-5,16-19,21H2,1-3H3;;;. The van der Waals surface area contributed by atoms with E-state index >= 15 is 0 Å². The van der Waals surface area contributed by atoms with E-state index in [2.05, 4.69) is 58.4 Å². The van der Waals surface area contributed by atoms with E-state index in [-0.39, 0.29) is 132 Å². The van der Waals surface area contributed by atoms with Crippen LogP contribution in [0, 0.1) is 146 Å². The van der Waals surface area contributed by atoms with Crippen molar-refractivity contribution in [3.05, 3.63) is 83.4 Å². The topological polar surface area (TPSA) is 123 Å². The first kappa shape index (κ1) is 43.8. The van der Waals surface area contributed by atoms with E-state index in [1.54, 1.807) is 12.1 Å². The number of aromatic nitrogens is 1. The number of methoxy groups -OCH3 is 1. The molecular formula is C36H42Ac3N2O8. The zero-order chi connectivity index (χ0) is 32.4. The van der Waals surface area contributed by atoms with E-state index in [1.807, 2.05) is 24.3 Å². The molecule has 3 aromatic carbocycles. The molecule has 253 valence electrons. The van der Waals surface area contributed by atoms with Gasteiger partial charge in [-0.1, -0.05) is 23.8 Å². The molecule has 0 aliphatic carbocycles. The third-order valence-electron chi connectivity index (χ3n) is 8.99. The number of carbonyl (C=O) groups excluding carboxylic acids is 1. The minimum atomic E-state index is -1.65. The molecule has 6 rings (SSSR count). The Morgan fingerprint density at radius 2 is 1.51 bits per heavy atom. The number of esters is 1. The van der Waals surface area contributed by atoms with Crippen molar-refractivity contribution in [1.82, 2.24) is 9.47 Å². The van der Waals surface area contributed by atoms with Gasteiger partial charge in [-0.3, -0.25) is 4.90 Å². The number of hydrogen-bond donors (Lipinski definition) is 3. The normalized spacial score (nSPS) is 22.0. The number of ether oxygens (including phenoxy) is 4. The molecule has 3 heterocycles. The van der Waals surface area contributed by atoms with Crippen molar-refractivity contribution in [2.75, 3.05) is 33.4 Å². The number of nitrogens with zero attached hydrogens (tertiary/aromatic N) is 2. The zero-order valence-electron chi connectivity index (χ0n) is 28.2. The molecule has 5 unspecified atom stereocenters. The number of benzene rings is 3. The summed E-state index contributed by atoms with van der Waals surface area (Å²) >= 11 is 0. The molecule has 1 aromatic heterocycles. The smallest absolute Gasteiger partial charge is 0.337 e. The number of rotatable bonds is 10. The maximum atomic E-state index is 12.1. The van der Waals surface area contributed by atoms with E-state index in [4.69, 9.17) is 14.2 Å². The minimum absolute atomic E-state index is 0. The van der Waals surface area contributed by atoms with Crippen molar-refractivity contribution < 1.29 is 171 Å². The second-order valence-corrected chi connectivity index (χ2v) is 12.2. The molecular weight excluding hydrogens is 1270 g/mol. The van der Waals surface area contributed by atoms with Gasteiger partial charge in [0.15, 0.2) is 6.10 Å². The molecule has 4 aromatic rings. The molecule has 0 amide bonds. The van der Waals surface area contributed by atoms with Crippen LogP contribution in [-0.4, -0.2) is 94.8 Å². The average molecular weight is 1310 g/mol. The van der Waals surface area contributed by atoms with Crippen LogP contribution >= 0.6 is 0 Å². The fraction of sp³-hybridized carbons (Fsp3) is 0.417. The first-order valence-electron chi connectivity index (χ1n) is 15.8.